The quantitative estimate of drug-likeness (QED) is 0.862. The summed E-state index contributed by atoms with van der Waals surface area (Å²) in [5.74, 6) is -0.898. The lowest BCUT2D eigenvalue weighted by Gasteiger charge is -2.32. The number of benzene rings is 1. The maximum absolute atomic E-state index is 10.9. The van der Waals surface area contributed by atoms with Gasteiger partial charge >= 0.3 is 5.97 Å². The summed E-state index contributed by atoms with van der Waals surface area (Å²) in [7, 11) is 0. The summed E-state index contributed by atoms with van der Waals surface area (Å²) in [4.78, 5) is 13.4. The number of hydrogen-bond acceptors (Lipinski definition) is 3. The third-order valence-electron chi connectivity index (χ3n) is 3.70. The van der Waals surface area contributed by atoms with Crippen molar-refractivity contribution >= 4 is 27.6 Å². The van der Waals surface area contributed by atoms with Gasteiger partial charge < -0.3 is 15.3 Å². The van der Waals surface area contributed by atoms with E-state index in [1.165, 1.54) is 13.0 Å². The lowest BCUT2D eigenvalue weighted by molar-refractivity contribution is 0.0697. The van der Waals surface area contributed by atoms with Crippen LogP contribution < -0.4 is 5.32 Å². The summed E-state index contributed by atoms with van der Waals surface area (Å²) in [5, 5.41) is 12.5. The Bertz CT molecular complexity index is 471. The SMILES string of the molecule is CCCN1CCC(Nc2ccc(C(=O)O)cc2Br)CC1. The highest BCUT2D eigenvalue weighted by Gasteiger charge is 2.19. The molecule has 1 heterocycles. The molecule has 4 nitrogen and oxygen atoms in total. The number of nitrogens with one attached hydrogen (secondary N) is 1. The van der Waals surface area contributed by atoms with Gasteiger partial charge in [-0.3, -0.25) is 0 Å². The molecule has 0 aliphatic carbocycles. The van der Waals surface area contributed by atoms with Crippen LogP contribution in [-0.4, -0.2) is 41.7 Å². The maximum atomic E-state index is 10.9. The number of anilines is 1. The summed E-state index contributed by atoms with van der Waals surface area (Å²) in [6, 6.07) is 5.60. The third-order valence-corrected chi connectivity index (χ3v) is 4.36. The molecule has 20 heavy (non-hydrogen) atoms. The summed E-state index contributed by atoms with van der Waals surface area (Å²) in [6.07, 6.45) is 3.47. The molecule has 5 heteroatoms. The Hall–Kier alpha value is -1.07. The van der Waals surface area contributed by atoms with Gasteiger partial charge in [-0.2, -0.15) is 0 Å². The van der Waals surface area contributed by atoms with Crippen molar-refractivity contribution in [2.24, 2.45) is 0 Å². The minimum absolute atomic E-state index is 0.306. The van der Waals surface area contributed by atoms with E-state index in [2.05, 4.69) is 33.1 Å². The first-order valence-corrected chi connectivity index (χ1v) is 7.91. The molecule has 1 aliphatic heterocycles. The van der Waals surface area contributed by atoms with Gasteiger partial charge in [0.25, 0.3) is 0 Å². The average Bonchev–Trinajstić information content (AvgIpc) is 2.43. The first-order chi connectivity index (χ1) is 9.60. The highest BCUT2D eigenvalue weighted by molar-refractivity contribution is 9.10. The first-order valence-electron chi connectivity index (χ1n) is 7.12. The topological polar surface area (TPSA) is 52.6 Å². The molecule has 110 valence electrons. The Labute approximate surface area is 128 Å². The van der Waals surface area contributed by atoms with E-state index in [9.17, 15) is 4.79 Å². The fourth-order valence-corrected chi connectivity index (χ4v) is 3.10. The number of halogens is 1. The molecule has 1 aliphatic rings. The molecule has 1 aromatic rings. The lowest BCUT2D eigenvalue weighted by Crippen LogP contribution is -2.39. The van der Waals surface area contributed by atoms with Crippen LogP contribution in [0.5, 0.6) is 0 Å². The number of nitrogens with zero attached hydrogens (tertiary/aromatic N) is 1. The van der Waals surface area contributed by atoms with Crippen molar-refractivity contribution in [1.82, 2.24) is 4.90 Å². The van der Waals surface area contributed by atoms with E-state index in [1.54, 1.807) is 12.1 Å². The van der Waals surface area contributed by atoms with Crippen LogP contribution in [0.15, 0.2) is 22.7 Å². The molecule has 1 fully saturated rings. The summed E-state index contributed by atoms with van der Waals surface area (Å²) in [6.45, 7) is 5.67. The number of carboxylic acid groups (broad SMARTS) is 1. The number of rotatable bonds is 5. The van der Waals surface area contributed by atoms with Crippen LogP contribution in [0.1, 0.15) is 36.5 Å². The van der Waals surface area contributed by atoms with Crippen LogP contribution in [0, 0.1) is 0 Å². The van der Waals surface area contributed by atoms with E-state index in [1.807, 2.05) is 6.07 Å². The van der Waals surface area contributed by atoms with Gasteiger partial charge in [-0.15, -0.1) is 0 Å². The number of aromatic carboxylic acids is 1. The molecule has 1 saturated heterocycles. The fourth-order valence-electron chi connectivity index (χ4n) is 2.60. The number of carboxylic acids is 1. The van der Waals surface area contributed by atoms with Gasteiger partial charge in [0.15, 0.2) is 0 Å². The molecule has 0 saturated carbocycles. The van der Waals surface area contributed by atoms with Crippen LogP contribution >= 0.6 is 15.9 Å². The van der Waals surface area contributed by atoms with Crippen LogP contribution in [0.3, 0.4) is 0 Å². The largest absolute Gasteiger partial charge is 0.478 e. The molecule has 0 spiro atoms. The van der Waals surface area contributed by atoms with Gasteiger partial charge in [0.1, 0.15) is 0 Å². The monoisotopic (exact) mass is 340 g/mol. The molecule has 2 rings (SSSR count). The van der Waals surface area contributed by atoms with Crippen LogP contribution in [0.2, 0.25) is 0 Å². The number of likely N-dealkylation sites (tertiary alicyclic amines) is 1. The molecule has 0 unspecified atom stereocenters. The molecule has 2 N–H and O–H groups in total. The van der Waals surface area contributed by atoms with Crippen molar-refractivity contribution in [3.8, 4) is 0 Å². The molecular formula is C15H21BrN2O2. The number of carbonyl (C=O) groups is 1. The second-order valence-corrected chi connectivity index (χ2v) is 6.11. The molecule has 0 amide bonds. The highest BCUT2D eigenvalue weighted by Crippen LogP contribution is 2.26. The van der Waals surface area contributed by atoms with Crippen molar-refractivity contribution in [2.45, 2.75) is 32.2 Å². The fraction of sp³-hybridized carbons (Fsp3) is 0.533. The smallest absolute Gasteiger partial charge is 0.335 e. The zero-order valence-electron chi connectivity index (χ0n) is 11.7. The minimum atomic E-state index is -0.898. The van der Waals surface area contributed by atoms with E-state index in [4.69, 9.17) is 5.11 Å². The normalized spacial score (nSPS) is 17.1. The average molecular weight is 341 g/mol. The predicted octanol–water partition coefficient (Wildman–Crippen LogP) is 3.43. The Morgan fingerprint density at radius 1 is 1.45 bits per heavy atom. The Balaban J connectivity index is 1.93. The van der Waals surface area contributed by atoms with Gasteiger partial charge in [0.05, 0.1) is 5.56 Å². The Morgan fingerprint density at radius 2 is 2.15 bits per heavy atom. The first kappa shape index (κ1) is 15.3. The van der Waals surface area contributed by atoms with Crippen LogP contribution in [-0.2, 0) is 0 Å². The van der Waals surface area contributed by atoms with Crippen molar-refractivity contribution in [1.29, 1.82) is 0 Å². The predicted molar refractivity (Wildman–Crippen MR) is 84.5 cm³/mol. The lowest BCUT2D eigenvalue weighted by atomic mass is 10.0. The highest BCUT2D eigenvalue weighted by atomic mass is 79.9. The summed E-state index contributed by atoms with van der Waals surface area (Å²) < 4.78 is 0.813. The van der Waals surface area contributed by atoms with Gasteiger partial charge in [-0.25, -0.2) is 4.79 Å². The van der Waals surface area contributed by atoms with E-state index in [0.717, 1.165) is 36.1 Å². The molecule has 0 bridgehead atoms. The third kappa shape index (κ3) is 3.96. The van der Waals surface area contributed by atoms with Gasteiger partial charge in [0, 0.05) is 29.3 Å². The zero-order valence-corrected chi connectivity index (χ0v) is 13.3. The second kappa shape index (κ2) is 7.09. The van der Waals surface area contributed by atoms with Crippen LogP contribution in [0.4, 0.5) is 5.69 Å². The maximum Gasteiger partial charge on any atom is 0.335 e. The molecular weight excluding hydrogens is 320 g/mol. The Kier molecular flexibility index (Phi) is 5.43. The molecule has 0 aromatic heterocycles. The van der Waals surface area contributed by atoms with E-state index < -0.39 is 5.97 Å². The van der Waals surface area contributed by atoms with Crippen molar-refractivity contribution in [3.63, 3.8) is 0 Å². The zero-order chi connectivity index (χ0) is 14.5. The molecule has 1 aromatic carbocycles. The van der Waals surface area contributed by atoms with Gasteiger partial charge in [-0.05, 0) is 59.9 Å². The summed E-state index contributed by atoms with van der Waals surface area (Å²) >= 11 is 3.44. The van der Waals surface area contributed by atoms with Crippen molar-refractivity contribution in [2.75, 3.05) is 25.0 Å². The minimum Gasteiger partial charge on any atom is -0.478 e. The Morgan fingerprint density at radius 3 is 2.70 bits per heavy atom. The van der Waals surface area contributed by atoms with E-state index in [-0.39, 0.29) is 0 Å². The number of hydrogen-bond donors (Lipinski definition) is 2. The van der Waals surface area contributed by atoms with Crippen LogP contribution in [0.25, 0.3) is 0 Å². The summed E-state index contributed by atoms with van der Waals surface area (Å²) in [5.41, 5.74) is 1.28. The molecule has 0 atom stereocenters. The number of piperidine rings is 1. The van der Waals surface area contributed by atoms with Gasteiger partial charge in [0.2, 0.25) is 0 Å². The molecule has 0 radical (unpaired) electrons. The van der Waals surface area contributed by atoms with E-state index in [0.29, 0.717) is 11.6 Å². The van der Waals surface area contributed by atoms with Crippen molar-refractivity contribution in [3.05, 3.63) is 28.2 Å². The standard InChI is InChI=1S/C15H21BrN2O2/c1-2-7-18-8-5-12(6-9-18)17-14-4-3-11(15(19)20)10-13(14)16/h3-4,10,12,17H,2,5-9H2,1H3,(H,19,20). The van der Waals surface area contributed by atoms with Crippen molar-refractivity contribution < 1.29 is 9.90 Å². The van der Waals surface area contributed by atoms with E-state index >= 15 is 0 Å². The van der Waals surface area contributed by atoms with Gasteiger partial charge in [-0.1, -0.05) is 6.92 Å². The second-order valence-electron chi connectivity index (χ2n) is 5.26.